The SMILES string of the molecule is CCC1(CC)CCN(c2c(Cl)cc(N)cc2C(=O)OC)C1. The molecular formula is C16H23ClN2O2. The van der Waals surface area contributed by atoms with Gasteiger partial charge in [0.05, 0.1) is 23.4 Å². The van der Waals surface area contributed by atoms with E-state index in [1.165, 1.54) is 7.11 Å². The first-order chi connectivity index (χ1) is 9.96. The standard InChI is InChI=1S/C16H23ClN2O2/c1-4-16(5-2)6-7-19(10-16)14-12(15(20)21-3)8-11(18)9-13(14)17/h8-9H,4-7,10,18H2,1-3H3. The zero-order valence-electron chi connectivity index (χ0n) is 12.9. The van der Waals surface area contributed by atoms with Crippen molar-refractivity contribution in [3.05, 3.63) is 22.7 Å². The summed E-state index contributed by atoms with van der Waals surface area (Å²) in [5.41, 5.74) is 7.79. The van der Waals surface area contributed by atoms with Gasteiger partial charge in [0.15, 0.2) is 0 Å². The smallest absolute Gasteiger partial charge is 0.340 e. The third-order valence-electron chi connectivity index (χ3n) is 4.75. The molecule has 2 N–H and O–H groups in total. The minimum absolute atomic E-state index is 0.304. The Morgan fingerprint density at radius 2 is 2.10 bits per heavy atom. The summed E-state index contributed by atoms with van der Waals surface area (Å²) in [5.74, 6) is -0.398. The van der Waals surface area contributed by atoms with Crippen LogP contribution in [0.1, 0.15) is 43.5 Å². The highest BCUT2D eigenvalue weighted by Gasteiger charge is 2.37. The highest BCUT2D eigenvalue weighted by atomic mass is 35.5. The second kappa shape index (κ2) is 6.14. The molecule has 1 aliphatic rings. The highest BCUT2D eigenvalue weighted by molar-refractivity contribution is 6.34. The summed E-state index contributed by atoms with van der Waals surface area (Å²) in [6.07, 6.45) is 3.36. The maximum atomic E-state index is 12.0. The van der Waals surface area contributed by atoms with Crippen molar-refractivity contribution < 1.29 is 9.53 Å². The Balaban J connectivity index is 2.43. The van der Waals surface area contributed by atoms with Crippen LogP contribution in [0.15, 0.2) is 12.1 Å². The third kappa shape index (κ3) is 2.95. The quantitative estimate of drug-likeness (QED) is 0.680. The monoisotopic (exact) mass is 310 g/mol. The van der Waals surface area contributed by atoms with Crippen LogP contribution in [0.2, 0.25) is 5.02 Å². The molecule has 116 valence electrons. The molecule has 21 heavy (non-hydrogen) atoms. The summed E-state index contributed by atoms with van der Waals surface area (Å²) in [7, 11) is 1.37. The first-order valence-electron chi connectivity index (χ1n) is 7.38. The molecule has 1 heterocycles. The molecule has 0 radical (unpaired) electrons. The Kier molecular flexibility index (Phi) is 4.67. The number of benzene rings is 1. The second-order valence-corrected chi connectivity index (χ2v) is 6.18. The van der Waals surface area contributed by atoms with Crippen LogP contribution in [-0.2, 0) is 4.74 Å². The minimum Gasteiger partial charge on any atom is -0.465 e. The molecule has 0 atom stereocenters. The number of nitrogens with zero attached hydrogens (tertiary/aromatic N) is 1. The lowest BCUT2D eigenvalue weighted by molar-refractivity contribution is 0.0601. The minimum atomic E-state index is -0.398. The van der Waals surface area contributed by atoms with Crippen LogP contribution in [0.25, 0.3) is 0 Å². The molecule has 2 rings (SSSR count). The van der Waals surface area contributed by atoms with Crippen LogP contribution in [0.5, 0.6) is 0 Å². The predicted octanol–water partition coefficient (Wildman–Crippen LogP) is 3.73. The highest BCUT2D eigenvalue weighted by Crippen LogP contribution is 2.42. The van der Waals surface area contributed by atoms with E-state index in [9.17, 15) is 4.79 Å². The van der Waals surface area contributed by atoms with Crippen LogP contribution >= 0.6 is 11.6 Å². The average Bonchev–Trinajstić information content (AvgIpc) is 2.90. The second-order valence-electron chi connectivity index (χ2n) is 5.77. The van der Waals surface area contributed by atoms with Gasteiger partial charge in [-0.25, -0.2) is 4.79 Å². The lowest BCUT2D eigenvalue weighted by Crippen LogP contribution is -2.27. The van der Waals surface area contributed by atoms with E-state index in [-0.39, 0.29) is 0 Å². The Bertz CT molecular complexity index is 541. The zero-order chi connectivity index (χ0) is 15.6. The van der Waals surface area contributed by atoms with Crippen LogP contribution < -0.4 is 10.6 Å². The average molecular weight is 311 g/mol. The summed E-state index contributed by atoms with van der Waals surface area (Å²) in [4.78, 5) is 14.2. The van der Waals surface area contributed by atoms with Gasteiger partial charge < -0.3 is 15.4 Å². The number of carbonyl (C=O) groups is 1. The number of hydrogen-bond acceptors (Lipinski definition) is 4. The molecule has 0 amide bonds. The Morgan fingerprint density at radius 1 is 1.43 bits per heavy atom. The molecule has 5 heteroatoms. The molecular weight excluding hydrogens is 288 g/mol. The molecule has 1 saturated heterocycles. The number of ether oxygens (including phenoxy) is 1. The molecule has 1 aliphatic heterocycles. The normalized spacial score (nSPS) is 17.0. The molecule has 1 aromatic rings. The summed E-state index contributed by atoms with van der Waals surface area (Å²) >= 11 is 6.37. The summed E-state index contributed by atoms with van der Waals surface area (Å²) in [5, 5.41) is 0.512. The summed E-state index contributed by atoms with van der Waals surface area (Å²) in [6.45, 7) is 6.25. The lowest BCUT2D eigenvalue weighted by atomic mass is 9.82. The molecule has 0 aliphatic carbocycles. The van der Waals surface area contributed by atoms with Gasteiger partial charge >= 0.3 is 5.97 Å². The number of nitrogens with two attached hydrogens (primary N) is 1. The van der Waals surface area contributed by atoms with E-state index in [0.29, 0.717) is 21.7 Å². The van der Waals surface area contributed by atoms with Crippen molar-refractivity contribution in [3.8, 4) is 0 Å². The van der Waals surface area contributed by atoms with Gasteiger partial charge in [-0.05, 0) is 36.8 Å². The first-order valence-corrected chi connectivity index (χ1v) is 7.76. The molecule has 0 unspecified atom stereocenters. The zero-order valence-corrected chi connectivity index (χ0v) is 13.7. The van der Waals surface area contributed by atoms with Crippen LogP contribution in [0.3, 0.4) is 0 Å². The van der Waals surface area contributed by atoms with Gasteiger partial charge in [-0.3, -0.25) is 0 Å². The van der Waals surface area contributed by atoms with Crippen LogP contribution in [0, 0.1) is 5.41 Å². The van der Waals surface area contributed by atoms with Crippen molar-refractivity contribution in [1.29, 1.82) is 0 Å². The fraction of sp³-hybridized carbons (Fsp3) is 0.562. The van der Waals surface area contributed by atoms with E-state index < -0.39 is 5.97 Å². The fourth-order valence-electron chi connectivity index (χ4n) is 3.16. The maximum absolute atomic E-state index is 12.0. The lowest BCUT2D eigenvalue weighted by Gasteiger charge is -2.28. The van der Waals surface area contributed by atoms with Gasteiger partial charge in [0.1, 0.15) is 0 Å². The van der Waals surface area contributed by atoms with Crippen molar-refractivity contribution in [2.45, 2.75) is 33.1 Å². The third-order valence-corrected chi connectivity index (χ3v) is 5.03. The number of carbonyl (C=O) groups excluding carboxylic acids is 1. The maximum Gasteiger partial charge on any atom is 0.340 e. The van der Waals surface area contributed by atoms with Crippen molar-refractivity contribution in [2.24, 2.45) is 5.41 Å². The molecule has 4 nitrogen and oxygen atoms in total. The first kappa shape index (κ1) is 16.0. The number of esters is 1. The number of rotatable bonds is 4. The van der Waals surface area contributed by atoms with E-state index in [4.69, 9.17) is 22.1 Å². The van der Waals surface area contributed by atoms with Gasteiger partial charge in [0.2, 0.25) is 0 Å². The molecule has 0 bridgehead atoms. The van der Waals surface area contributed by atoms with Gasteiger partial charge in [0.25, 0.3) is 0 Å². The fourth-order valence-corrected chi connectivity index (χ4v) is 3.51. The number of halogens is 1. The van der Waals surface area contributed by atoms with Crippen LogP contribution in [-0.4, -0.2) is 26.2 Å². The van der Waals surface area contributed by atoms with Gasteiger partial charge in [0, 0.05) is 18.8 Å². The van der Waals surface area contributed by atoms with Gasteiger partial charge in [-0.1, -0.05) is 25.4 Å². The van der Waals surface area contributed by atoms with E-state index in [1.807, 2.05) is 0 Å². The van der Waals surface area contributed by atoms with E-state index in [2.05, 4.69) is 18.7 Å². The van der Waals surface area contributed by atoms with E-state index in [0.717, 1.165) is 38.0 Å². The van der Waals surface area contributed by atoms with E-state index in [1.54, 1.807) is 12.1 Å². The number of nitrogen functional groups attached to an aromatic ring is 1. The van der Waals surface area contributed by atoms with Crippen LogP contribution in [0.4, 0.5) is 11.4 Å². The Labute approximate surface area is 131 Å². The van der Waals surface area contributed by atoms with Gasteiger partial charge in [-0.2, -0.15) is 0 Å². The predicted molar refractivity (Wildman–Crippen MR) is 87.0 cm³/mol. The summed E-state index contributed by atoms with van der Waals surface area (Å²) in [6, 6.07) is 3.34. The number of anilines is 2. The topological polar surface area (TPSA) is 55.6 Å². The molecule has 0 saturated carbocycles. The summed E-state index contributed by atoms with van der Waals surface area (Å²) < 4.78 is 4.87. The van der Waals surface area contributed by atoms with Gasteiger partial charge in [-0.15, -0.1) is 0 Å². The van der Waals surface area contributed by atoms with E-state index >= 15 is 0 Å². The number of methoxy groups -OCH3 is 1. The molecule has 1 aromatic carbocycles. The molecule has 0 aromatic heterocycles. The van der Waals surface area contributed by atoms with Crippen molar-refractivity contribution in [1.82, 2.24) is 0 Å². The Hall–Kier alpha value is -1.42. The largest absolute Gasteiger partial charge is 0.465 e. The van der Waals surface area contributed by atoms with Crippen molar-refractivity contribution in [3.63, 3.8) is 0 Å². The number of hydrogen-bond donors (Lipinski definition) is 1. The van der Waals surface area contributed by atoms with Crippen molar-refractivity contribution in [2.75, 3.05) is 30.8 Å². The molecule has 1 fully saturated rings. The Morgan fingerprint density at radius 3 is 2.62 bits per heavy atom. The van der Waals surface area contributed by atoms with Crippen molar-refractivity contribution >= 4 is 28.9 Å². The molecule has 0 spiro atoms.